The molecule has 1 heterocycles. The lowest BCUT2D eigenvalue weighted by Crippen LogP contribution is -2.12. The molecule has 0 saturated carbocycles. The Hall–Kier alpha value is -1.56. The lowest BCUT2D eigenvalue weighted by atomic mass is 10.2. The normalized spacial score (nSPS) is 10.6. The second kappa shape index (κ2) is 8.02. The molecule has 0 atom stereocenters. The molecule has 1 aromatic heterocycles. The van der Waals surface area contributed by atoms with Crippen molar-refractivity contribution in [3.05, 3.63) is 45.6 Å². The van der Waals surface area contributed by atoms with Gasteiger partial charge in [-0.05, 0) is 36.8 Å². The molecule has 2 N–H and O–H groups in total. The molecule has 21 heavy (non-hydrogen) atoms. The van der Waals surface area contributed by atoms with Gasteiger partial charge in [0.2, 0.25) is 0 Å². The van der Waals surface area contributed by atoms with Crippen LogP contribution >= 0.6 is 11.3 Å². The average molecular weight is 307 g/mol. The topological polar surface area (TPSA) is 50.7 Å². The Kier molecular flexibility index (Phi) is 6.04. The van der Waals surface area contributed by atoms with Gasteiger partial charge < -0.3 is 19.9 Å². The lowest BCUT2D eigenvalue weighted by molar-refractivity contribution is 0.196. The van der Waals surface area contributed by atoms with Gasteiger partial charge in [-0.25, -0.2) is 0 Å². The molecule has 0 amide bonds. The quantitative estimate of drug-likeness (QED) is 0.787. The van der Waals surface area contributed by atoms with Crippen molar-refractivity contribution < 1.29 is 14.6 Å². The zero-order valence-electron chi connectivity index (χ0n) is 12.4. The monoisotopic (exact) mass is 307 g/mol. The zero-order valence-corrected chi connectivity index (χ0v) is 13.2. The maximum Gasteiger partial charge on any atom is 0.161 e. The van der Waals surface area contributed by atoms with Crippen LogP contribution in [0, 0.1) is 6.92 Å². The minimum absolute atomic E-state index is 0.00725. The molecular weight excluding hydrogens is 286 g/mol. The highest BCUT2D eigenvalue weighted by Gasteiger charge is 2.06. The number of thiophene rings is 1. The van der Waals surface area contributed by atoms with Crippen LogP contribution in [0.5, 0.6) is 11.5 Å². The number of aliphatic hydroxyl groups is 1. The average Bonchev–Trinajstić information content (AvgIpc) is 2.91. The van der Waals surface area contributed by atoms with E-state index >= 15 is 0 Å². The van der Waals surface area contributed by atoms with Crippen LogP contribution in [-0.2, 0) is 13.1 Å². The molecule has 5 heteroatoms. The molecule has 114 valence electrons. The largest absolute Gasteiger partial charge is 0.493 e. The fraction of sp³-hybridized carbons (Fsp3) is 0.375. The summed E-state index contributed by atoms with van der Waals surface area (Å²) >= 11 is 1.81. The summed E-state index contributed by atoms with van der Waals surface area (Å²) in [4.78, 5) is 2.67. The van der Waals surface area contributed by atoms with Gasteiger partial charge in [-0.3, -0.25) is 0 Å². The minimum atomic E-state index is -0.00725. The van der Waals surface area contributed by atoms with E-state index in [1.807, 2.05) is 29.5 Å². The van der Waals surface area contributed by atoms with Crippen LogP contribution in [0.15, 0.2) is 30.3 Å². The van der Waals surface area contributed by atoms with Crippen molar-refractivity contribution in [3.8, 4) is 11.5 Å². The highest BCUT2D eigenvalue weighted by atomic mass is 32.1. The summed E-state index contributed by atoms with van der Waals surface area (Å²) in [7, 11) is 1.62. The fourth-order valence-corrected chi connectivity index (χ4v) is 2.87. The van der Waals surface area contributed by atoms with E-state index < -0.39 is 0 Å². The van der Waals surface area contributed by atoms with Crippen LogP contribution in [0.4, 0.5) is 0 Å². The van der Waals surface area contributed by atoms with Crippen molar-refractivity contribution in [2.24, 2.45) is 0 Å². The Morgan fingerprint density at radius 2 is 2.00 bits per heavy atom. The van der Waals surface area contributed by atoms with Crippen molar-refractivity contribution in [1.29, 1.82) is 0 Å². The molecule has 0 spiro atoms. The Morgan fingerprint density at radius 3 is 2.67 bits per heavy atom. The molecule has 0 bridgehead atoms. The maximum absolute atomic E-state index is 8.80. The maximum atomic E-state index is 8.80. The van der Waals surface area contributed by atoms with Gasteiger partial charge in [0, 0.05) is 22.8 Å². The van der Waals surface area contributed by atoms with E-state index in [1.165, 1.54) is 9.75 Å². The van der Waals surface area contributed by atoms with Gasteiger partial charge in [0.05, 0.1) is 13.7 Å². The number of rotatable bonds is 8. The molecule has 0 radical (unpaired) electrons. The van der Waals surface area contributed by atoms with Gasteiger partial charge in [-0.2, -0.15) is 0 Å². The predicted molar refractivity (Wildman–Crippen MR) is 85.2 cm³/mol. The van der Waals surface area contributed by atoms with Crippen LogP contribution in [-0.4, -0.2) is 25.4 Å². The van der Waals surface area contributed by atoms with Crippen molar-refractivity contribution in [2.45, 2.75) is 20.0 Å². The summed E-state index contributed by atoms with van der Waals surface area (Å²) in [5, 5.41) is 12.2. The molecule has 2 aromatic rings. The van der Waals surface area contributed by atoms with Gasteiger partial charge in [0.15, 0.2) is 11.5 Å². The summed E-state index contributed by atoms with van der Waals surface area (Å²) < 4.78 is 10.7. The summed E-state index contributed by atoms with van der Waals surface area (Å²) in [6.07, 6.45) is 0. The number of aliphatic hydroxyl groups excluding tert-OH is 1. The number of ether oxygens (including phenoxy) is 2. The van der Waals surface area contributed by atoms with Crippen LogP contribution < -0.4 is 14.8 Å². The minimum Gasteiger partial charge on any atom is -0.493 e. The van der Waals surface area contributed by atoms with Crippen molar-refractivity contribution in [1.82, 2.24) is 5.32 Å². The first-order valence-electron chi connectivity index (χ1n) is 6.89. The SMILES string of the molecule is COc1cc(CNCc2ccc(C)s2)ccc1OCCO. The van der Waals surface area contributed by atoms with Gasteiger partial charge >= 0.3 is 0 Å². The molecule has 0 aliphatic carbocycles. The fourth-order valence-electron chi connectivity index (χ4n) is 2.01. The van der Waals surface area contributed by atoms with Crippen molar-refractivity contribution in [3.63, 3.8) is 0 Å². The van der Waals surface area contributed by atoms with Gasteiger partial charge in [-0.1, -0.05) is 6.07 Å². The van der Waals surface area contributed by atoms with Crippen molar-refractivity contribution in [2.75, 3.05) is 20.3 Å². The molecule has 0 saturated heterocycles. The third-order valence-corrected chi connectivity index (χ3v) is 4.00. The Balaban J connectivity index is 1.90. The standard InChI is InChI=1S/C16H21NO3S/c1-12-3-5-14(21-12)11-17-10-13-4-6-15(20-8-7-18)16(9-13)19-2/h3-6,9,17-18H,7-8,10-11H2,1-2H3. The highest BCUT2D eigenvalue weighted by Crippen LogP contribution is 2.28. The summed E-state index contributed by atoms with van der Waals surface area (Å²) in [5.74, 6) is 1.35. The Bertz CT molecular complexity index is 568. The third-order valence-electron chi connectivity index (χ3n) is 3.00. The van der Waals surface area contributed by atoms with Crippen LogP contribution in [0.2, 0.25) is 0 Å². The van der Waals surface area contributed by atoms with Crippen LogP contribution in [0.25, 0.3) is 0 Å². The summed E-state index contributed by atoms with van der Waals surface area (Å²) in [6, 6.07) is 10.1. The number of methoxy groups -OCH3 is 1. The molecular formula is C16H21NO3S. The second-order valence-corrected chi connectivity index (χ2v) is 6.05. The van der Waals surface area contributed by atoms with E-state index in [1.54, 1.807) is 7.11 Å². The van der Waals surface area contributed by atoms with Gasteiger partial charge in [0.1, 0.15) is 6.61 Å². The summed E-state index contributed by atoms with van der Waals surface area (Å²) in [6.45, 7) is 4.01. The number of aryl methyl sites for hydroxylation is 1. The van der Waals surface area contributed by atoms with Crippen LogP contribution in [0.3, 0.4) is 0 Å². The highest BCUT2D eigenvalue weighted by molar-refractivity contribution is 7.11. The van der Waals surface area contributed by atoms with Crippen molar-refractivity contribution >= 4 is 11.3 Å². The molecule has 0 aliphatic rings. The van der Waals surface area contributed by atoms with Gasteiger partial charge in [-0.15, -0.1) is 11.3 Å². The molecule has 0 unspecified atom stereocenters. The van der Waals surface area contributed by atoms with E-state index in [4.69, 9.17) is 14.6 Å². The first kappa shape index (κ1) is 15.8. The number of hydrogen-bond donors (Lipinski definition) is 2. The predicted octanol–water partition coefficient (Wildman–Crippen LogP) is 2.73. The summed E-state index contributed by atoms with van der Waals surface area (Å²) in [5.41, 5.74) is 1.14. The number of benzene rings is 1. The lowest BCUT2D eigenvalue weighted by Gasteiger charge is -2.11. The molecule has 4 nitrogen and oxygen atoms in total. The van der Waals surface area contributed by atoms with E-state index in [2.05, 4.69) is 24.4 Å². The first-order valence-corrected chi connectivity index (χ1v) is 7.71. The second-order valence-electron chi connectivity index (χ2n) is 4.67. The number of nitrogens with one attached hydrogen (secondary N) is 1. The van der Waals surface area contributed by atoms with E-state index in [9.17, 15) is 0 Å². The Morgan fingerprint density at radius 1 is 1.14 bits per heavy atom. The number of hydrogen-bond acceptors (Lipinski definition) is 5. The molecule has 1 aromatic carbocycles. The molecule has 2 rings (SSSR count). The molecule has 0 aliphatic heterocycles. The van der Waals surface area contributed by atoms with Crippen LogP contribution in [0.1, 0.15) is 15.3 Å². The van der Waals surface area contributed by atoms with E-state index in [-0.39, 0.29) is 13.2 Å². The van der Waals surface area contributed by atoms with Gasteiger partial charge in [0.25, 0.3) is 0 Å². The first-order chi connectivity index (χ1) is 10.2. The molecule has 0 fully saturated rings. The van der Waals surface area contributed by atoms with E-state index in [0.717, 1.165) is 18.7 Å². The Labute approximate surface area is 129 Å². The third kappa shape index (κ3) is 4.74. The van der Waals surface area contributed by atoms with E-state index in [0.29, 0.717) is 11.5 Å². The smallest absolute Gasteiger partial charge is 0.161 e. The zero-order chi connectivity index (χ0) is 15.1.